The molecule has 0 spiro atoms. The first-order valence-corrected chi connectivity index (χ1v) is 8.72. The van der Waals surface area contributed by atoms with Crippen molar-refractivity contribution in [1.29, 1.82) is 0 Å². The zero-order valence-corrected chi connectivity index (χ0v) is 15.3. The minimum Gasteiger partial charge on any atom is -0.480 e. The second-order valence-electron chi connectivity index (χ2n) is 6.05. The lowest BCUT2D eigenvalue weighted by Gasteiger charge is -2.16. The number of para-hydroxylation sites is 2. The van der Waals surface area contributed by atoms with E-state index in [-0.39, 0.29) is 17.2 Å². The average molecular weight is 376 g/mol. The number of ether oxygens (including phenoxy) is 2. The van der Waals surface area contributed by atoms with Gasteiger partial charge >= 0.3 is 0 Å². The lowest BCUT2D eigenvalue weighted by atomic mass is 10.2. The molecule has 3 N–H and O–H groups in total. The summed E-state index contributed by atoms with van der Waals surface area (Å²) in [5.41, 5.74) is 6.16. The van der Waals surface area contributed by atoms with Crippen LogP contribution in [-0.2, 0) is 4.79 Å². The van der Waals surface area contributed by atoms with Crippen LogP contribution in [0.15, 0.2) is 78.9 Å². The van der Waals surface area contributed by atoms with Gasteiger partial charge in [0.25, 0.3) is 11.8 Å². The zero-order chi connectivity index (χ0) is 19.9. The molecule has 2 amide bonds. The lowest BCUT2D eigenvalue weighted by Crippen LogP contribution is -2.30. The van der Waals surface area contributed by atoms with E-state index in [1.807, 2.05) is 30.3 Å². The maximum atomic E-state index is 12.4. The van der Waals surface area contributed by atoms with Crippen molar-refractivity contribution in [2.75, 3.05) is 5.32 Å². The molecule has 142 valence electrons. The highest BCUT2D eigenvalue weighted by molar-refractivity contribution is 5.96. The Hall–Kier alpha value is -3.80. The smallest absolute Gasteiger partial charge is 0.265 e. The minimum atomic E-state index is -0.819. The van der Waals surface area contributed by atoms with Gasteiger partial charge in [-0.25, -0.2) is 0 Å². The summed E-state index contributed by atoms with van der Waals surface area (Å²) in [4.78, 5) is 23.8. The number of carbonyl (C=O) groups is 2. The van der Waals surface area contributed by atoms with Crippen LogP contribution < -0.4 is 20.5 Å². The first-order valence-electron chi connectivity index (χ1n) is 8.72. The van der Waals surface area contributed by atoms with Gasteiger partial charge in [0.15, 0.2) is 6.10 Å². The Morgan fingerprint density at radius 2 is 1.46 bits per heavy atom. The van der Waals surface area contributed by atoms with Crippen LogP contribution in [0.25, 0.3) is 0 Å². The van der Waals surface area contributed by atoms with Gasteiger partial charge in [0.1, 0.15) is 17.2 Å². The van der Waals surface area contributed by atoms with Crippen LogP contribution >= 0.6 is 0 Å². The molecule has 0 aliphatic carbocycles. The van der Waals surface area contributed by atoms with Crippen LogP contribution in [0.1, 0.15) is 17.3 Å². The Morgan fingerprint density at radius 3 is 2.14 bits per heavy atom. The highest BCUT2D eigenvalue weighted by Gasteiger charge is 2.18. The number of nitrogens with one attached hydrogen (secondary N) is 1. The van der Waals surface area contributed by atoms with Crippen molar-refractivity contribution in [2.24, 2.45) is 5.73 Å². The molecule has 0 aliphatic heterocycles. The molecule has 0 fully saturated rings. The second kappa shape index (κ2) is 8.73. The van der Waals surface area contributed by atoms with Gasteiger partial charge in [-0.15, -0.1) is 0 Å². The van der Waals surface area contributed by atoms with E-state index >= 15 is 0 Å². The number of hydrogen-bond acceptors (Lipinski definition) is 4. The summed E-state index contributed by atoms with van der Waals surface area (Å²) < 4.78 is 11.3. The molecule has 3 aromatic rings. The van der Waals surface area contributed by atoms with Gasteiger partial charge in [0, 0.05) is 5.69 Å². The van der Waals surface area contributed by atoms with E-state index in [0.29, 0.717) is 11.4 Å². The first kappa shape index (κ1) is 19.0. The van der Waals surface area contributed by atoms with Crippen LogP contribution in [-0.4, -0.2) is 17.9 Å². The summed E-state index contributed by atoms with van der Waals surface area (Å²) in [5, 5.41) is 2.77. The fraction of sp³-hybridized carbons (Fsp3) is 0.0909. The summed E-state index contributed by atoms with van der Waals surface area (Å²) >= 11 is 0. The number of amides is 2. The Labute approximate surface area is 162 Å². The minimum absolute atomic E-state index is 0.226. The van der Waals surface area contributed by atoms with Gasteiger partial charge in [-0.3, -0.25) is 9.59 Å². The van der Waals surface area contributed by atoms with E-state index < -0.39 is 12.0 Å². The van der Waals surface area contributed by atoms with Gasteiger partial charge < -0.3 is 20.5 Å². The number of carbonyl (C=O) groups excluding carboxylic acids is 2. The molecule has 0 saturated carbocycles. The van der Waals surface area contributed by atoms with E-state index in [1.165, 1.54) is 0 Å². The molecule has 0 aliphatic rings. The van der Waals surface area contributed by atoms with Crippen LogP contribution in [0.3, 0.4) is 0 Å². The van der Waals surface area contributed by atoms with E-state index in [2.05, 4.69) is 5.32 Å². The largest absolute Gasteiger partial charge is 0.480 e. The molecule has 28 heavy (non-hydrogen) atoms. The third-order valence-corrected chi connectivity index (χ3v) is 3.93. The molecule has 0 saturated heterocycles. The summed E-state index contributed by atoms with van der Waals surface area (Å²) in [5.74, 6) is 0.691. The molecule has 1 atom stereocenters. The van der Waals surface area contributed by atoms with Crippen molar-refractivity contribution >= 4 is 17.5 Å². The molecule has 3 rings (SSSR count). The fourth-order valence-electron chi connectivity index (χ4n) is 2.49. The summed E-state index contributed by atoms with van der Waals surface area (Å²) in [7, 11) is 0. The summed E-state index contributed by atoms with van der Waals surface area (Å²) in [6.07, 6.45) is -0.819. The monoisotopic (exact) mass is 376 g/mol. The number of hydrogen-bond donors (Lipinski definition) is 2. The topological polar surface area (TPSA) is 90.7 Å². The Balaban J connectivity index is 1.60. The molecule has 0 heterocycles. The standard InChI is InChI=1S/C22H20N2O4/c1-15(27-20-10-6-5-9-19(20)21(23)25)22(26)24-16-11-13-18(14-12-16)28-17-7-3-2-4-8-17/h2-15H,1H3,(H2,23,25)(H,24,26). The Morgan fingerprint density at radius 1 is 0.857 bits per heavy atom. The summed E-state index contributed by atoms with van der Waals surface area (Å²) in [6, 6.07) is 22.9. The van der Waals surface area contributed by atoms with E-state index in [4.69, 9.17) is 15.2 Å². The number of anilines is 1. The SMILES string of the molecule is CC(Oc1ccccc1C(N)=O)C(=O)Nc1ccc(Oc2ccccc2)cc1. The second-order valence-corrected chi connectivity index (χ2v) is 6.05. The van der Waals surface area contributed by atoms with Crippen molar-refractivity contribution in [3.05, 3.63) is 84.4 Å². The molecule has 3 aromatic carbocycles. The molecule has 0 bridgehead atoms. The maximum absolute atomic E-state index is 12.4. The van der Waals surface area contributed by atoms with Crippen molar-refractivity contribution in [2.45, 2.75) is 13.0 Å². The highest BCUT2D eigenvalue weighted by Crippen LogP contribution is 2.23. The van der Waals surface area contributed by atoms with Crippen LogP contribution in [0.5, 0.6) is 17.2 Å². The number of rotatable bonds is 7. The van der Waals surface area contributed by atoms with Gasteiger partial charge in [0.2, 0.25) is 0 Å². The zero-order valence-electron chi connectivity index (χ0n) is 15.3. The Kier molecular flexibility index (Phi) is 5.91. The molecule has 6 nitrogen and oxygen atoms in total. The molecule has 6 heteroatoms. The third-order valence-electron chi connectivity index (χ3n) is 3.93. The van der Waals surface area contributed by atoms with Crippen LogP contribution in [0.2, 0.25) is 0 Å². The normalized spacial score (nSPS) is 11.3. The molecule has 1 unspecified atom stereocenters. The van der Waals surface area contributed by atoms with Crippen molar-refractivity contribution in [1.82, 2.24) is 0 Å². The predicted molar refractivity (Wildman–Crippen MR) is 107 cm³/mol. The fourth-order valence-corrected chi connectivity index (χ4v) is 2.49. The predicted octanol–water partition coefficient (Wildman–Crippen LogP) is 3.98. The van der Waals surface area contributed by atoms with E-state index in [9.17, 15) is 9.59 Å². The van der Waals surface area contributed by atoms with Gasteiger partial charge in [-0.1, -0.05) is 30.3 Å². The number of benzene rings is 3. The molecule has 0 radical (unpaired) electrons. The van der Waals surface area contributed by atoms with E-state index in [0.717, 1.165) is 5.75 Å². The van der Waals surface area contributed by atoms with Crippen molar-refractivity contribution < 1.29 is 19.1 Å². The molecule has 0 aromatic heterocycles. The van der Waals surface area contributed by atoms with Gasteiger partial charge in [0.05, 0.1) is 5.56 Å². The average Bonchev–Trinajstić information content (AvgIpc) is 2.70. The van der Waals surface area contributed by atoms with Gasteiger partial charge in [-0.2, -0.15) is 0 Å². The van der Waals surface area contributed by atoms with Gasteiger partial charge in [-0.05, 0) is 55.5 Å². The van der Waals surface area contributed by atoms with Crippen molar-refractivity contribution in [3.8, 4) is 17.2 Å². The number of nitrogens with two attached hydrogens (primary N) is 1. The first-order chi connectivity index (χ1) is 13.5. The van der Waals surface area contributed by atoms with Crippen LogP contribution in [0, 0.1) is 0 Å². The van der Waals surface area contributed by atoms with Crippen LogP contribution in [0.4, 0.5) is 5.69 Å². The molecular weight excluding hydrogens is 356 g/mol. The quantitative estimate of drug-likeness (QED) is 0.652. The molecular formula is C22H20N2O4. The maximum Gasteiger partial charge on any atom is 0.265 e. The van der Waals surface area contributed by atoms with E-state index in [1.54, 1.807) is 55.5 Å². The number of primary amides is 1. The Bertz CT molecular complexity index is 956. The summed E-state index contributed by atoms with van der Waals surface area (Å²) in [6.45, 7) is 1.60. The van der Waals surface area contributed by atoms with Crippen molar-refractivity contribution in [3.63, 3.8) is 0 Å². The lowest BCUT2D eigenvalue weighted by molar-refractivity contribution is -0.122. The highest BCUT2D eigenvalue weighted by atomic mass is 16.5. The third kappa shape index (κ3) is 4.88.